The maximum atomic E-state index is 11.2. The van der Waals surface area contributed by atoms with Gasteiger partial charge in [0, 0.05) is 20.8 Å². The molecule has 0 aliphatic heterocycles. The van der Waals surface area contributed by atoms with Gasteiger partial charge in [-0.2, -0.15) is 4.98 Å². The summed E-state index contributed by atoms with van der Waals surface area (Å²) in [7, 11) is 3.12. The van der Waals surface area contributed by atoms with E-state index in [1.165, 1.54) is 7.05 Å². The molecule has 0 aromatic carbocycles. The molecule has 0 radical (unpaired) electrons. The third-order valence-corrected chi connectivity index (χ3v) is 2.05. The largest absolute Gasteiger partial charge is 0.385 e. The van der Waals surface area contributed by atoms with Crippen molar-refractivity contribution in [2.75, 3.05) is 20.8 Å². The molecule has 1 unspecified atom stereocenters. The van der Waals surface area contributed by atoms with Gasteiger partial charge in [-0.15, -0.1) is 0 Å². The number of rotatable bonds is 6. The zero-order chi connectivity index (χ0) is 12.0. The van der Waals surface area contributed by atoms with E-state index in [1.54, 1.807) is 7.11 Å². The number of nitrogens with two attached hydrogens (primary N) is 1. The third-order valence-electron chi connectivity index (χ3n) is 2.05. The molecule has 3 N–H and O–H groups in total. The van der Waals surface area contributed by atoms with Crippen LogP contribution in [0, 0.1) is 0 Å². The van der Waals surface area contributed by atoms with Gasteiger partial charge in [0.05, 0.1) is 6.04 Å². The Morgan fingerprint density at radius 1 is 1.69 bits per heavy atom. The Balaban J connectivity index is 2.52. The summed E-state index contributed by atoms with van der Waals surface area (Å²) in [5, 5.41) is 5.93. The molecule has 0 spiro atoms. The fourth-order valence-electron chi connectivity index (χ4n) is 1.16. The third kappa shape index (κ3) is 3.28. The Hall–Kier alpha value is -1.47. The molecule has 1 rings (SSSR count). The fourth-order valence-corrected chi connectivity index (χ4v) is 1.16. The van der Waals surface area contributed by atoms with E-state index >= 15 is 0 Å². The average Bonchev–Trinajstić information content (AvgIpc) is 2.77. The Kier molecular flexibility index (Phi) is 4.87. The number of ether oxygens (including phenoxy) is 1. The summed E-state index contributed by atoms with van der Waals surface area (Å²) in [6, 6.07) is -0.360. The molecule has 0 saturated heterocycles. The van der Waals surface area contributed by atoms with E-state index in [1.807, 2.05) is 0 Å². The Morgan fingerprint density at radius 3 is 3.06 bits per heavy atom. The number of hydrogen-bond donors (Lipinski definition) is 2. The van der Waals surface area contributed by atoms with Gasteiger partial charge < -0.3 is 20.3 Å². The van der Waals surface area contributed by atoms with Crippen LogP contribution in [0.4, 0.5) is 0 Å². The predicted molar refractivity (Wildman–Crippen MR) is 55.7 cm³/mol. The van der Waals surface area contributed by atoms with Crippen LogP contribution >= 0.6 is 0 Å². The second kappa shape index (κ2) is 6.19. The lowest BCUT2D eigenvalue weighted by molar-refractivity contribution is 0.0950. The van der Waals surface area contributed by atoms with Crippen LogP contribution in [0.15, 0.2) is 4.52 Å². The summed E-state index contributed by atoms with van der Waals surface area (Å²) >= 11 is 0. The Morgan fingerprint density at radius 2 is 2.44 bits per heavy atom. The van der Waals surface area contributed by atoms with Crippen molar-refractivity contribution in [2.45, 2.75) is 18.9 Å². The molecule has 1 amide bonds. The highest BCUT2D eigenvalue weighted by atomic mass is 16.5. The lowest BCUT2D eigenvalue weighted by atomic mass is 10.2. The standard InChI is InChI=1S/C9H16N4O3/c1-11-8(14)7-12-9(16-13-7)6(10)4-3-5-15-2/h6H,3-5,10H2,1-2H3,(H,11,14). The van der Waals surface area contributed by atoms with Crippen LogP contribution in [0.25, 0.3) is 0 Å². The number of amides is 1. The molecule has 1 aromatic rings. The molecule has 0 aliphatic rings. The Bertz CT molecular complexity index is 339. The highest BCUT2D eigenvalue weighted by Gasteiger charge is 2.17. The first-order chi connectivity index (χ1) is 7.69. The normalized spacial score (nSPS) is 12.4. The van der Waals surface area contributed by atoms with E-state index in [0.29, 0.717) is 13.0 Å². The van der Waals surface area contributed by atoms with E-state index in [2.05, 4.69) is 15.5 Å². The van der Waals surface area contributed by atoms with Gasteiger partial charge in [0.2, 0.25) is 5.89 Å². The predicted octanol–water partition coefficient (Wildman–Crippen LogP) is -0.144. The first-order valence-corrected chi connectivity index (χ1v) is 4.99. The molecule has 1 heterocycles. The lowest BCUT2D eigenvalue weighted by Gasteiger charge is -2.04. The van der Waals surface area contributed by atoms with Crippen molar-refractivity contribution in [1.82, 2.24) is 15.5 Å². The topological polar surface area (TPSA) is 103 Å². The molecule has 0 aliphatic carbocycles. The van der Waals surface area contributed by atoms with Crippen LogP contribution in [0.2, 0.25) is 0 Å². The monoisotopic (exact) mass is 228 g/mol. The SMILES string of the molecule is CNC(=O)c1noc(C(N)CCCOC)n1. The van der Waals surface area contributed by atoms with E-state index in [-0.39, 0.29) is 23.7 Å². The molecule has 0 saturated carbocycles. The molecule has 0 fully saturated rings. The summed E-state index contributed by atoms with van der Waals surface area (Å²) in [6.07, 6.45) is 1.47. The van der Waals surface area contributed by atoms with Crippen LogP contribution in [0.5, 0.6) is 0 Å². The number of nitrogens with zero attached hydrogens (tertiary/aromatic N) is 2. The van der Waals surface area contributed by atoms with Crippen LogP contribution < -0.4 is 11.1 Å². The van der Waals surface area contributed by atoms with E-state index in [4.69, 9.17) is 15.0 Å². The van der Waals surface area contributed by atoms with Gasteiger partial charge in [-0.1, -0.05) is 5.16 Å². The highest BCUT2D eigenvalue weighted by Crippen LogP contribution is 2.13. The summed E-state index contributed by atoms with van der Waals surface area (Å²) < 4.78 is 9.79. The van der Waals surface area contributed by atoms with Crippen molar-refractivity contribution in [3.05, 3.63) is 11.7 Å². The van der Waals surface area contributed by atoms with E-state index in [9.17, 15) is 4.79 Å². The van der Waals surface area contributed by atoms with Crippen molar-refractivity contribution >= 4 is 5.91 Å². The van der Waals surface area contributed by atoms with Crippen molar-refractivity contribution < 1.29 is 14.1 Å². The van der Waals surface area contributed by atoms with Crippen molar-refractivity contribution in [2.24, 2.45) is 5.73 Å². The lowest BCUT2D eigenvalue weighted by Crippen LogP contribution is -2.19. The zero-order valence-electron chi connectivity index (χ0n) is 9.40. The summed E-state index contributed by atoms with van der Waals surface area (Å²) in [6.45, 7) is 0.629. The van der Waals surface area contributed by atoms with Crippen molar-refractivity contribution in [1.29, 1.82) is 0 Å². The van der Waals surface area contributed by atoms with Crippen LogP contribution in [-0.4, -0.2) is 36.8 Å². The Labute approximate surface area is 93.3 Å². The molecule has 16 heavy (non-hydrogen) atoms. The van der Waals surface area contributed by atoms with Gasteiger partial charge in [0.1, 0.15) is 0 Å². The quantitative estimate of drug-likeness (QED) is 0.656. The molecule has 7 nitrogen and oxygen atoms in total. The molecule has 7 heteroatoms. The summed E-state index contributed by atoms with van der Waals surface area (Å²) in [5.41, 5.74) is 5.81. The van der Waals surface area contributed by atoms with E-state index < -0.39 is 0 Å². The van der Waals surface area contributed by atoms with Gasteiger partial charge in [0.25, 0.3) is 11.7 Å². The minimum Gasteiger partial charge on any atom is -0.385 e. The number of carbonyl (C=O) groups excluding carboxylic acids is 1. The van der Waals surface area contributed by atoms with Crippen molar-refractivity contribution in [3.63, 3.8) is 0 Å². The molecular weight excluding hydrogens is 212 g/mol. The average molecular weight is 228 g/mol. The second-order valence-electron chi connectivity index (χ2n) is 3.28. The molecule has 0 bridgehead atoms. The van der Waals surface area contributed by atoms with E-state index in [0.717, 1.165) is 6.42 Å². The molecule has 1 atom stereocenters. The molecular formula is C9H16N4O3. The first-order valence-electron chi connectivity index (χ1n) is 4.99. The van der Waals surface area contributed by atoms with Gasteiger partial charge in [-0.3, -0.25) is 4.79 Å². The number of aromatic nitrogens is 2. The maximum absolute atomic E-state index is 11.2. The summed E-state index contributed by atoms with van der Waals surface area (Å²) in [5.74, 6) is -0.117. The van der Waals surface area contributed by atoms with Crippen LogP contribution in [0.1, 0.15) is 35.4 Å². The number of carbonyl (C=O) groups is 1. The highest BCUT2D eigenvalue weighted by molar-refractivity contribution is 5.89. The van der Waals surface area contributed by atoms with Crippen LogP contribution in [0.3, 0.4) is 0 Å². The zero-order valence-corrected chi connectivity index (χ0v) is 9.40. The number of hydrogen-bond acceptors (Lipinski definition) is 6. The smallest absolute Gasteiger partial charge is 0.292 e. The minimum atomic E-state index is -0.390. The van der Waals surface area contributed by atoms with Crippen LogP contribution in [-0.2, 0) is 4.74 Å². The second-order valence-corrected chi connectivity index (χ2v) is 3.28. The molecule has 90 valence electrons. The maximum Gasteiger partial charge on any atom is 0.292 e. The van der Waals surface area contributed by atoms with Gasteiger partial charge in [-0.05, 0) is 12.8 Å². The minimum absolute atomic E-state index is 0.000286. The van der Waals surface area contributed by atoms with Gasteiger partial charge >= 0.3 is 0 Å². The number of methoxy groups -OCH3 is 1. The first kappa shape index (κ1) is 12.6. The molecule has 1 aromatic heterocycles. The van der Waals surface area contributed by atoms with Crippen molar-refractivity contribution in [3.8, 4) is 0 Å². The van der Waals surface area contributed by atoms with Gasteiger partial charge in [-0.25, -0.2) is 0 Å². The fraction of sp³-hybridized carbons (Fsp3) is 0.667. The number of nitrogens with one attached hydrogen (secondary N) is 1. The van der Waals surface area contributed by atoms with Gasteiger partial charge in [0.15, 0.2) is 0 Å². The summed E-state index contributed by atoms with van der Waals surface area (Å²) in [4.78, 5) is 15.1.